The van der Waals surface area contributed by atoms with E-state index in [0.717, 1.165) is 6.42 Å². The topological polar surface area (TPSA) is 20.2 Å². The molecule has 0 saturated carbocycles. The maximum Gasteiger partial charge on any atom is 0.0695 e. The number of allylic oxidation sites excluding steroid dienone is 1. The third-order valence-corrected chi connectivity index (χ3v) is 2.95. The molecule has 0 aliphatic heterocycles. The SMILES string of the molecule is CCCCCCCCCC/C(C)=C/C(C)O. The number of aliphatic hydroxyl groups excluding tert-OH is 1. The fourth-order valence-corrected chi connectivity index (χ4v) is 2.03. The Hall–Kier alpha value is -0.300. The van der Waals surface area contributed by atoms with Gasteiger partial charge in [-0.25, -0.2) is 0 Å². The predicted octanol–water partition coefficient (Wildman–Crippen LogP) is 4.84. The van der Waals surface area contributed by atoms with E-state index in [2.05, 4.69) is 13.8 Å². The molecule has 0 aromatic rings. The van der Waals surface area contributed by atoms with Gasteiger partial charge in [0.25, 0.3) is 0 Å². The molecule has 1 nitrogen and oxygen atoms in total. The Morgan fingerprint density at radius 3 is 2.00 bits per heavy atom. The largest absolute Gasteiger partial charge is 0.389 e. The third kappa shape index (κ3) is 11.8. The maximum absolute atomic E-state index is 9.17. The average Bonchev–Trinajstić information content (AvgIpc) is 2.21. The van der Waals surface area contributed by atoms with Crippen molar-refractivity contribution in [3.05, 3.63) is 11.6 Å². The predicted molar refractivity (Wildman–Crippen MR) is 72.7 cm³/mol. The molecule has 1 atom stereocenters. The lowest BCUT2D eigenvalue weighted by molar-refractivity contribution is 0.243. The van der Waals surface area contributed by atoms with Crippen molar-refractivity contribution in [2.45, 2.75) is 84.7 Å². The monoisotopic (exact) mass is 226 g/mol. The molecule has 0 aromatic heterocycles. The van der Waals surface area contributed by atoms with Crippen LogP contribution in [0.1, 0.15) is 78.6 Å². The highest BCUT2D eigenvalue weighted by Crippen LogP contribution is 2.12. The Kier molecular flexibility index (Phi) is 11.0. The summed E-state index contributed by atoms with van der Waals surface area (Å²) in [7, 11) is 0. The van der Waals surface area contributed by atoms with E-state index in [0.29, 0.717) is 0 Å². The summed E-state index contributed by atoms with van der Waals surface area (Å²) in [5, 5.41) is 9.17. The van der Waals surface area contributed by atoms with E-state index >= 15 is 0 Å². The van der Waals surface area contributed by atoms with Crippen molar-refractivity contribution in [3.8, 4) is 0 Å². The van der Waals surface area contributed by atoms with Gasteiger partial charge in [0.1, 0.15) is 0 Å². The van der Waals surface area contributed by atoms with Gasteiger partial charge in [-0.3, -0.25) is 0 Å². The molecule has 0 amide bonds. The highest BCUT2D eigenvalue weighted by molar-refractivity contribution is 5.00. The summed E-state index contributed by atoms with van der Waals surface area (Å²) in [5.74, 6) is 0. The molecule has 1 N–H and O–H groups in total. The average molecular weight is 226 g/mol. The second-order valence-corrected chi connectivity index (χ2v) is 4.98. The van der Waals surface area contributed by atoms with Crippen LogP contribution in [0, 0.1) is 0 Å². The van der Waals surface area contributed by atoms with Gasteiger partial charge in [0.05, 0.1) is 6.10 Å². The molecule has 0 aromatic carbocycles. The summed E-state index contributed by atoms with van der Waals surface area (Å²) >= 11 is 0. The zero-order valence-corrected chi connectivity index (χ0v) is 11.5. The van der Waals surface area contributed by atoms with Gasteiger partial charge in [-0.1, -0.05) is 63.5 Å². The van der Waals surface area contributed by atoms with Gasteiger partial charge in [0, 0.05) is 0 Å². The lowest BCUT2D eigenvalue weighted by atomic mass is 10.0. The summed E-state index contributed by atoms with van der Waals surface area (Å²) in [4.78, 5) is 0. The van der Waals surface area contributed by atoms with Crippen LogP contribution in [-0.2, 0) is 0 Å². The van der Waals surface area contributed by atoms with Gasteiger partial charge in [0.2, 0.25) is 0 Å². The van der Waals surface area contributed by atoms with E-state index in [-0.39, 0.29) is 6.10 Å². The Morgan fingerprint density at radius 2 is 1.50 bits per heavy atom. The molecule has 1 unspecified atom stereocenters. The van der Waals surface area contributed by atoms with E-state index in [4.69, 9.17) is 5.11 Å². The molecular formula is C15H30O. The molecule has 1 heteroatoms. The summed E-state index contributed by atoms with van der Waals surface area (Å²) in [6.07, 6.45) is 13.8. The van der Waals surface area contributed by atoms with Crippen molar-refractivity contribution in [2.24, 2.45) is 0 Å². The molecule has 16 heavy (non-hydrogen) atoms. The third-order valence-electron chi connectivity index (χ3n) is 2.95. The zero-order chi connectivity index (χ0) is 12.2. The molecule has 0 saturated heterocycles. The fourth-order valence-electron chi connectivity index (χ4n) is 2.03. The summed E-state index contributed by atoms with van der Waals surface area (Å²) in [6.45, 7) is 6.20. The summed E-state index contributed by atoms with van der Waals surface area (Å²) in [5.41, 5.74) is 1.33. The Bertz CT molecular complexity index is 170. The number of aliphatic hydroxyl groups is 1. The van der Waals surface area contributed by atoms with Crippen LogP contribution in [0.4, 0.5) is 0 Å². The summed E-state index contributed by atoms with van der Waals surface area (Å²) < 4.78 is 0. The van der Waals surface area contributed by atoms with Gasteiger partial charge in [0.15, 0.2) is 0 Å². The van der Waals surface area contributed by atoms with E-state index in [1.165, 1.54) is 56.9 Å². The van der Waals surface area contributed by atoms with Crippen LogP contribution in [0.5, 0.6) is 0 Å². The van der Waals surface area contributed by atoms with Crippen molar-refractivity contribution in [1.82, 2.24) is 0 Å². The molecule has 0 aliphatic carbocycles. The molecule has 0 radical (unpaired) electrons. The van der Waals surface area contributed by atoms with Gasteiger partial charge in [-0.15, -0.1) is 0 Å². The van der Waals surface area contributed by atoms with E-state index in [1.54, 1.807) is 0 Å². The van der Waals surface area contributed by atoms with Crippen LogP contribution in [0.3, 0.4) is 0 Å². The van der Waals surface area contributed by atoms with Crippen LogP contribution in [-0.4, -0.2) is 11.2 Å². The van der Waals surface area contributed by atoms with Gasteiger partial charge in [-0.2, -0.15) is 0 Å². The summed E-state index contributed by atoms with van der Waals surface area (Å²) in [6, 6.07) is 0. The van der Waals surface area contributed by atoms with Crippen molar-refractivity contribution in [2.75, 3.05) is 0 Å². The molecule has 0 rings (SSSR count). The lowest BCUT2D eigenvalue weighted by Gasteiger charge is -2.04. The molecular weight excluding hydrogens is 196 g/mol. The highest BCUT2D eigenvalue weighted by Gasteiger charge is 1.95. The maximum atomic E-state index is 9.17. The first kappa shape index (κ1) is 15.7. The number of unbranched alkanes of at least 4 members (excludes halogenated alkanes) is 7. The zero-order valence-electron chi connectivity index (χ0n) is 11.5. The first-order valence-electron chi connectivity index (χ1n) is 7.02. The Balaban J connectivity index is 3.21. The van der Waals surface area contributed by atoms with Gasteiger partial charge >= 0.3 is 0 Å². The standard InChI is InChI=1S/C15H30O/c1-4-5-6-7-8-9-10-11-12-14(2)13-15(3)16/h13,15-16H,4-12H2,1-3H3/b14-13+. The smallest absolute Gasteiger partial charge is 0.0695 e. The second-order valence-electron chi connectivity index (χ2n) is 4.98. The van der Waals surface area contributed by atoms with Crippen LogP contribution in [0.2, 0.25) is 0 Å². The van der Waals surface area contributed by atoms with Crippen molar-refractivity contribution < 1.29 is 5.11 Å². The number of rotatable bonds is 10. The normalized spacial score (nSPS) is 14.1. The molecule has 0 heterocycles. The molecule has 0 aliphatic rings. The first-order valence-corrected chi connectivity index (χ1v) is 7.02. The first-order chi connectivity index (χ1) is 7.66. The van der Waals surface area contributed by atoms with E-state index in [9.17, 15) is 0 Å². The van der Waals surface area contributed by atoms with E-state index < -0.39 is 0 Å². The number of hydrogen-bond acceptors (Lipinski definition) is 1. The molecule has 0 fully saturated rings. The van der Waals surface area contributed by atoms with Gasteiger partial charge < -0.3 is 5.11 Å². The van der Waals surface area contributed by atoms with Crippen molar-refractivity contribution in [1.29, 1.82) is 0 Å². The number of hydrogen-bond donors (Lipinski definition) is 1. The fraction of sp³-hybridized carbons (Fsp3) is 0.867. The Morgan fingerprint density at radius 1 is 1.00 bits per heavy atom. The van der Waals surface area contributed by atoms with Crippen molar-refractivity contribution >= 4 is 0 Å². The van der Waals surface area contributed by atoms with Crippen LogP contribution in [0.15, 0.2) is 11.6 Å². The van der Waals surface area contributed by atoms with Gasteiger partial charge in [-0.05, 0) is 26.7 Å². The molecule has 0 spiro atoms. The van der Waals surface area contributed by atoms with Crippen molar-refractivity contribution in [3.63, 3.8) is 0 Å². The van der Waals surface area contributed by atoms with Crippen LogP contribution < -0.4 is 0 Å². The minimum absolute atomic E-state index is 0.283. The lowest BCUT2D eigenvalue weighted by Crippen LogP contribution is -1.94. The highest BCUT2D eigenvalue weighted by atomic mass is 16.3. The minimum Gasteiger partial charge on any atom is -0.389 e. The molecule has 96 valence electrons. The quantitative estimate of drug-likeness (QED) is 0.417. The van der Waals surface area contributed by atoms with Crippen LogP contribution >= 0.6 is 0 Å². The minimum atomic E-state index is -0.283. The molecule has 0 bridgehead atoms. The van der Waals surface area contributed by atoms with Crippen LogP contribution in [0.25, 0.3) is 0 Å². The second kappa shape index (κ2) is 11.2. The van der Waals surface area contributed by atoms with E-state index in [1.807, 2.05) is 13.0 Å². The Labute approximate surface area is 102 Å².